The molecule has 2 aliphatic rings. The molecule has 2 heterocycles. The normalized spacial score (nSPS) is 23.1. The first-order valence-electron chi connectivity index (χ1n) is 13.0. The van der Waals surface area contributed by atoms with Crippen molar-refractivity contribution in [3.05, 3.63) is 63.9 Å². The van der Waals surface area contributed by atoms with E-state index >= 15 is 0 Å². The number of benzene rings is 2. The van der Waals surface area contributed by atoms with E-state index < -0.39 is 0 Å². The molecule has 1 fully saturated rings. The summed E-state index contributed by atoms with van der Waals surface area (Å²) >= 11 is 0. The minimum absolute atomic E-state index is 0.0246. The fraction of sp³-hybridized carbons (Fsp3) is 0.517. The molecular formula is C29H39N3O4. The fourth-order valence-corrected chi connectivity index (χ4v) is 5.66. The molecule has 0 bridgehead atoms. The fourth-order valence-electron chi connectivity index (χ4n) is 5.66. The van der Waals surface area contributed by atoms with E-state index in [1.54, 1.807) is 14.2 Å². The van der Waals surface area contributed by atoms with Crippen molar-refractivity contribution in [2.75, 3.05) is 33.9 Å². The van der Waals surface area contributed by atoms with Crippen LogP contribution in [0.5, 0.6) is 11.5 Å². The summed E-state index contributed by atoms with van der Waals surface area (Å²) in [6.07, 6.45) is 0.734. The van der Waals surface area contributed by atoms with Gasteiger partial charge in [0, 0.05) is 35.2 Å². The third-order valence-electron chi connectivity index (χ3n) is 7.28. The second-order valence-electron chi connectivity index (χ2n) is 10.6. The highest BCUT2D eigenvalue weighted by Crippen LogP contribution is 2.43. The third kappa shape index (κ3) is 5.00. The Labute approximate surface area is 214 Å². The molecule has 0 N–H and O–H groups in total. The maximum absolute atomic E-state index is 13.2. The van der Waals surface area contributed by atoms with Crippen molar-refractivity contribution in [2.45, 2.75) is 65.1 Å². The number of ether oxygens (including phenoxy) is 2. The second kappa shape index (κ2) is 10.2. The Bertz CT molecular complexity index is 1130. The Hall–Kier alpha value is -2.90. The van der Waals surface area contributed by atoms with Crippen molar-refractivity contribution < 1.29 is 18.9 Å². The van der Waals surface area contributed by atoms with E-state index in [0.29, 0.717) is 36.8 Å². The molecule has 2 aromatic rings. The van der Waals surface area contributed by atoms with E-state index in [-0.39, 0.29) is 34.6 Å². The van der Waals surface area contributed by atoms with Crippen LogP contribution in [0.2, 0.25) is 0 Å². The highest BCUT2D eigenvalue weighted by molar-refractivity contribution is 6.15. The number of carbonyl (C=O) groups excluding carboxylic acids is 1. The molecule has 1 saturated heterocycles. The zero-order valence-electron chi connectivity index (χ0n) is 22.6. The lowest BCUT2D eigenvalue weighted by Crippen LogP contribution is -2.51. The number of fused-ring (bicyclic) bond motifs is 3. The van der Waals surface area contributed by atoms with Crippen molar-refractivity contribution in [1.29, 1.82) is 0 Å². The number of likely N-dealkylation sites (tertiary alicyclic amines) is 1. The largest absolute Gasteiger partial charge is 0.633 e. The Morgan fingerprint density at radius 3 is 2.39 bits per heavy atom. The predicted molar refractivity (Wildman–Crippen MR) is 143 cm³/mol. The second-order valence-corrected chi connectivity index (χ2v) is 10.6. The highest BCUT2D eigenvalue weighted by Gasteiger charge is 2.40. The van der Waals surface area contributed by atoms with Crippen LogP contribution in [0.15, 0.2) is 41.4 Å². The van der Waals surface area contributed by atoms with Crippen LogP contribution in [-0.4, -0.2) is 73.1 Å². The number of nitrogens with zero attached hydrogens (tertiary/aromatic N) is 3. The zero-order chi connectivity index (χ0) is 26.2. The van der Waals surface area contributed by atoms with E-state index in [4.69, 9.17) is 14.5 Å². The summed E-state index contributed by atoms with van der Waals surface area (Å²) < 4.78 is 11.3. The number of hydrogen-bond donors (Lipinski definition) is 0. The molecule has 4 rings (SSSR count). The van der Waals surface area contributed by atoms with Gasteiger partial charge in [-0.05, 0) is 64.4 Å². The molecule has 2 aliphatic heterocycles. The molecule has 0 aliphatic carbocycles. The highest BCUT2D eigenvalue weighted by atomic mass is 16.5. The van der Waals surface area contributed by atoms with Gasteiger partial charge in [0.2, 0.25) is 0 Å². The van der Waals surface area contributed by atoms with Crippen molar-refractivity contribution in [3.63, 3.8) is 0 Å². The van der Waals surface area contributed by atoms with Crippen LogP contribution in [0.3, 0.4) is 0 Å². The molecule has 1 amide bonds. The van der Waals surface area contributed by atoms with Crippen LogP contribution in [0.25, 0.3) is 0 Å². The molecular weight excluding hydrogens is 454 g/mol. The van der Waals surface area contributed by atoms with Gasteiger partial charge in [-0.2, -0.15) is 0 Å². The number of quaternary nitrogens is 1. The topological polar surface area (TPSA) is 74.2 Å². The monoisotopic (exact) mass is 493 g/mol. The maximum atomic E-state index is 13.2. The number of aliphatic imine (C=N–C) groups is 1. The smallest absolute Gasteiger partial charge is 0.254 e. The van der Waals surface area contributed by atoms with E-state index in [0.717, 1.165) is 28.8 Å². The molecule has 3 atom stereocenters. The lowest BCUT2D eigenvalue weighted by atomic mass is 9.78. The third-order valence-corrected chi connectivity index (χ3v) is 7.28. The first-order chi connectivity index (χ1) is 17.1. The summed E-state index contributed by atoms with van der Waals surface area (Å²) in [7, 11) is 3.38. The number of carbonyl (C=O) groups is 1. The number of hydrogen-bond acceptors (Lipinski definition) is 5. The Kier molecular flexibility index (Phi) is 7.43. The summed E-state index contributed by atoms with van der Waals surface area (Å²) in [5, 5.41) is 12.9. The van der Waals surface area contributed by atoms with Gasteiger partial charge in [-0.25, -0.2) is 0 Å². The molecule has 0 spiro atoms. The zero-order valence-corrected chi connectivity index (χ0v) is 22.6. The van der Waals surface area contributed by atoms with Crippen LogP contribution >= 0.6 is 0 Å². The first-order valence-corrected chi connectivity index (χ1v) is 13.0. The van der Waals surface area contributed by atoms with Gasteiger partial charge in [-0.15, -0.1) is 0 Å². The van der Waals surface area contributed by atoms with E-state index in [1.165, 1.54) is 0 Å². The molecule has 194 valence electrons. The average Bonchev–Trinajstić information content (AvgIpc) is 2.82. The first kappa shape index (κ1) is 26.2. The lowest BCUT2D eigenvalue weighted by molar-refractivity contribution is -0.867. The Morgan fingerprint density at radius 1 is 1.14 bits per heavy atom. The van der Waals surface area contributed by atoms with Gasteiger partial charge in [0.15, 0.2) is 11.5 Å². The van der Waals surface area contributed by atoms with Gasteiger partial charge >= 0.3 is 0 Å². The van der Waals surface area contributed by atoms with Crippen molar-refractivity contribution in [3.8, 4) is 11.5 Å². The molecule has 0 aromatic heterocycles. The molecule has 7 heteroatoms. The Morgan fingerprint density at radius 2 is 1.81 bits per heavy atom. The maximum Gasteiger partial charge on any atom is 0.254 e. The number of methoxy groups -OCH3 is 1. The number of amides is 1. The van der Waals surface area contributed by atoms with Crippen LogP contribution in [0.4, 0.5) is 0 Å². The number of piperidine rings is 1. The molecule has 0 saturated carbocycles. The summed E-state index contributed by atoms with van der Waals surface area (Å²) in [6.45, 7) is 11.7. The summed E-state index contributed by atoms with van der Waals surface area (Å²) in [5.74, 6) is 1.39. The van der Waals surface area contributed by atoms with Crippen molar-refractivity contribution >= 4 is 11.6 Å². The van der Waals surface area contributed by atoms with Crippen LogP contribution in [-0.2, 0) is 0 Å². The van der Waals surface area contributed by atoms with Crippen LogP contribution in [0.1, 0.15) is 74.0 Å². The van der Waals surface area contributed by atoms with Gasteiger partial charge in [0.1, 0.15) is 0 Å². The predicted octanol–water partition coefficient (Wildman–Crippen LogP) is 5.00. The average molecular weight is 494 g/mol. The lowest BCUT2D eigenvalue weighted by Gasteiger charge is -2.48. The van der Waals surface area contributed by atoms with Crippen molar-refractivity contribution in [2.24, 2.45) is 4.99 Å². The summed E-state index contributed by atoms with van der Waals surface area (Å²) in [5.41, 5.74) is 4.53. The minimum atomic E-state index is -0.263. The van der Waals surface area contributed by atoms with Gasteiger partial charge in [-0.1, -0.05) is 12.1 Å². The molecule has 36 heavy (non-hydrogen) atoms. The van der Waals surface area contributed by atoms with Crippen molar-refractivity contribution in [1.82, 2.24) is 4.90 Å². The molecule has 2 aromatic carbocycles. The molecule has 3 unspecified atom stereocenters. The SMILES string of the molecule is CCOc1cc2c(cc1OC)C(c1ccc(C(=O)N(C(C)C)C(C)C)cc1)=NC1CC[N+](C)([O-])CC21. The van der Waals surface area contributed by atoms with Gasteiger partial charge in [-0.3, -0.25) is 9.79 Å². The Balaban J connectivity index is 1.77. The van der Waals surface area contributed by atoms with E-state index in [9.17, 15) is 10.0 Å². The van der Waals surface area contributed by atoms with E-state index in [1.807, 2.05) is 75.9 Å². The summed E-state index contributed by atoms with van der Waals surface area (Å²) in [4.78, 5) is 20.2. The molecule has 0 radical (unpaired) electrons. The van der Waals surface area contributed by atoms with Crippen LogP contribution in [0, 0.1) is 5.21 Å². The minimum Gasteiger partial charge on any atom is -0.633 e. The van der Waals surface area contributed by atoms with Crippen LogP contribution < -0.4 is 9.47 Å². The quantitative estimate of drug-likeness (QED) is 0.402. The van der Waals surface area contributed by atoms with E-state index in [2.05, 4.69) is 0 Å². The van der Waals surface area contributed by atoms with Gasteiger partial charge in [0.25, 0.3) is 5.91 Å². The van der Waals surface area contributed by atoms with Gasteiger partial charge in [0.05, 0.1) is 51.5 Å². The number of hydroxylamine groups is 3. The number of likely N-dealkylation sites (N-methyl/N-ethyl adjacent to an activating group) is 1. The number of rotatable bonds is 7. The van der Waals surface area contributed by atoms with Gasteiger partial charge < -0.3 is 24.2 Å². The summed E-state index contributed by atoms with van der Waals surface area (Å²) in [6, 6.07) is 12.0. The molecule has 7 nitrogen and oxygen atoms in total. The standard InChI is InChI=1S/C29H39N3O4/c1-8-36-27-15-22-23(16-26(27)35-7)28(30-25-13-14-32(6,34)17-24(22)25)20-9-11-21(12-10-20)29(33)31(18(2)3)19(4)5/h9-12,15-16,18-19,24-25H,8,13-14,17H2,1-7H3.